The van der Waals surface area contributed by atoms with Crippen LogP contribution in [0, 0.1) is 6.92 Å². The summed E-state index contributed by atoms with van der Waals surface area (Å²) in [6, 6.07) is 1.81. The summed E-state index contributed by atoms with van der Waals surface area (Å²) >= 11 is 0. The molecule has 0 aromatic carbocycles. The van der Waals surface area contributed by atoms with Gasteiger partial charge in [-0.15, -0.1) is 10.2 Å². The summed E-state index contributed by atoms with van der Waals surface area (Å²) < 4.78 is 7.19. The third-order valence-electron chi connectivity index (χ3n) is 3.45. The van der Waals surface area contributed by atoms with Crippen LogP contribution in [0.4, 0.5) is 0 Å². The van der Waals surface area contributed by atoms with Crippen LogP contribution in [-0.4, -0.2) is 69.8 Å². The molecule has 1 aliphatic rings. The number of amides is 1. The minimum atomic E-state index is -0.273. The molecule has 0 unspecified atom stereocenters. The first-order valence-corrected chi connectivity index (χ1v) is 6.90. The predicted molar refractivity (Wildman–Crippen MR) is 75.1 cm³/mol. The Labute approximate surface area is 122 Å². The number of hydrogen-bond acceptors (Lipinski definition) is 6. The van der Waals surface area contributed by atoms with Gasteiger partial charge in [-0.2, -0.15) is 0 Å². The van der Waals surface area contributed by atoms with Gasteiger partial charge in [-0.05, 0) is 20.0 Å². The van der Waals surface area contributed by atoms with Gasteiger partial charge in [0.25, 0.3) is 11.7 Å². The molecule has 0 aliphatic carbocycles. The summed E-state index contributed by atoms with van der Waals surface area (Å²) in [7, 11) is 2.04. The molecule has 2 aromatic heterocycles. The molecule has 2 aromatic rings. The van der Waals surface area contributed by atoms with Gasteiger partial charge in [0, 0.05) is 31.5 Å². The second kappa shape index (κ2) is 5.74. The van der Waals surface area contributed by atoms with E-state index in [2.05, 4.69) is 25.4 Å². The maximum absolute atomic E-state index is 12.2. The zero-order valence-electron chi connectivity index (χ0n) is 12.1. The number of nitrogens with one attached hydrogen (secondary N) is 1. The monoisotopic (exact) mass is 290 g/mol. The molecular weight excluding hydrogens is 272 g/mol. The number of nitrogens with zero attached hydrogens (tertiary/aromatic N) is 5. The highest BCUT2D eigenvalue weighted by molar-refractivity contribution is 5.91. The number of morpholine rings is 1. The number of hydrogen-bond donors (Lipinski definition) is 1. The Morgan fingerprint density at radius 1 is 1.52 bits per heavy atom. The van der Waals surface area contributed by atoms with E-state index >= 15 is 0 Å². The average molecular weight is 290 g/mol. The molecule has 1 N–H and O–H groups in total. The summed E-state index contributed by atoms with van der Waals surface area (Å²) in [5, 5.41) is 10.7. The molecule has 1 amide bonds. The summed E-state index contributed by atoms with van der Waals surface area (Å²) in [4.78, 5) is 18.6. The Bertz CT molecular complexity index is 655. The largest absolute Gasteiger partial charge is 0.374 e. The zero-order chi connectivity index (χ0) is 14.8. The van der Waals surface area contributed by atoms with Gasteiger partial charge in [-0.3, -0.25) is 9.20 Å². The number of aryl methyl sites for hydroxylation is 1. The topological polar surface area (TPSA) is 84.7 Å². The summed E-state index contributed by atoms with van der Waals surface area (Å²) in [5.41, 5.74) is 0.834. The number of aromatic nitrogens is 4. The molecule has 1 atom stereocenters. The third kappa shape index (κ3) is 3.01. The molecule has 8 heteroatoms. The second-order valence-corrected chi connectivity index (χ2v) is 5.23. The van der Waals surface area contributed by atoms with Crippen LogP contribution in [0.3, 0.4) is 0 Å². The Morgan fingerprint density at radius 3 is 3.19 bits per heavy atom. The normalized spacial score (nSPS) is 19.8. The average Bonchev–Trinajstić information content (AvgIpc) is 2.88. The van der Waals surface area contributed by atoms with Crippen LogP contribution in [0.5, 0.6) is 0 Å². The molecule has 0 bridgehead atoms. The van der Waals surface area contributed by atoms with Crippen molar-refractivity contribution in [3.8, 4) is 0 Å². The van der Waals surface area contributed by atoms with Crippen molar-refractivity contribution in [3.63, 3.8) is 0 Å². The van der Waals surface area contributed by atoms with Gasteiger partial charge in [-0.1, -0.05) is 0 Å². The first-order valence-electron chi connectivity index (χ1n) is 6.90. The fourth-order valence-electron chi connectivity index (χ4n) is 2.30. The zero-order valence-corrected chi connectivity index (χ0v) is 12.1. The van der Waals surface area contributed by atoms with Crippen LogP contribution < -0.4 is 5.32 Å². The number of rotatable bonds is 3. The van der Waals surface area contributed by atoms with Crippen molar-refractivity contribution in [2.75, 3.05) is 33.3 Å². The van der Waals surface area contributed by atoms with E-state index in [0.29, 0.717) is 18.9 Å². The molecule has 0 radical (unpaired) electrons. The highest BCUT2D eigenvalue weighted by Gasteiger charge is 2.20. The molecule has 1 fully saturated rings. The van der Waals surface area contributed by atoms with Crippen LogP contribution in [0.25, 0.3) is 5.78 Å². The Hall–Kier alpha value is -2.06. The van der Waals surface area contributed by atoms with Crippen LogP contribution >= 0.6 is 0 Å². The van der Waals surface area contributed by atoms with Gasteiger partial charge in [0.15, 0.2) is 0 Å². The van der Waals surface area contributed by atoms with Crippen molar-refractivity contribution in [2.24, 2.45) is 0 Å². The van der Waals surface area contributed by atoms with Crippen molar-refractivity contribution in [3.05, 3.63) is 23.8 Å². The second-order valence-electron chi connectivity index (χ2n) is 5.23. The van der Waals surface area contributed by atoms with E-state index in [9.17, 15) is 4.79 Å². The Morgan fingerprint density at radius 2 is 2.38 bits per heavy atom. The lowest BCUT2D eigenvalue weighted by Crippen LogP contribution is -2.46. The maximum atomic E-state index is 12.2. The van der Waals surface area contributed by atoms with Gasteiger partial charge < -0.3 is 15.0 Å². The summed E-state index contributed by atoms with van der Waals surface area (Å²) in [6.45, 7) is 4.74. The van der Waals surface area contributed by atoms with E-state index in [4.69, 9.17) is 4.74 Å². The molecular formula is C13H18N6O2. The third-order valence-corrected chi connectivity index (χ3v) is 3.45. The highest BCUT2D eigenvalue weighted by Crippen LogP contribution is 2.04. The van der Waals surface area contributed by atoms with Crippen molar-refractivity contribution in [1.82, 2.24) is 29.8 Å². The van der Waals surface area contributed by atoms with E-state index in [1.807, 2.05) is 20.0 Å². The van der Waals surface area contributed by atoms with Gasteiger partial charge in [-0.25, -0.2) is 4.98 Å². The molecule has 8 nitrogen and oxygen atoms in total. The summed E-state index contributed by atoms with van der Waals surface area (Å²) in [6.07, 6.45) is 1.75. The lowest BCUT2D eigenvalue weighted by Gasteiger charge is -2.29. The van der Waals surface area contributed by atoms with E-state index in [1.165, 1.54) is 0 Å². The number of carbonyl (C=O) groups is 1. The number of ether oxygens (including phenoxy) is 1. The molecule has 3 rings (SSSR count). The first-order chi connectivity index (χ1) is 10.1. The molecule has 112 valence electrons. The van der Waals surface area contributed by atoms with Gasteiger partial charge in [0.1, 0.15) is 0 Å². The molecule has 1 saturated heterocycles. The van der Waals surface area contributed by atoms with E-state index in [-0.39, 0.29) is 17.8 Å². The molecule has 0 saturated carbocycles. The van der Waals surface area contributed by atoms with Crippen molar-refractivity contribution < 1.29 is 9.53 Å². The van der Waals surface area contributed by atoms with Crippen molar-refractivity contribution in [2.45, 2.75) is 13.0 Å². The lowest BCUT2D eigenvalue weighted by atomic mass is 10.3. The Balaban J connectivity index is 1.67. The van der Waals surface area contributed by atoms with Crippen LogP contribution in [0.2, 0.25) is 0 Å². The van der Waals surface area contributed by atoms with E-state index < -0.39 is 0 Å². The minimum absolute atomic E-state index is 0.00672. The minimum Gasteiger partial charge on any atom is -0.374 e. The van der Waals surface area contributed by atoms with Crippen LogP contribution in [-0.2, 0) is 4.74 Å². The van der Waals surface area contributed by atoms with E-state index in [1.54, 1.807) is 10.6 Å². The van der Waals surface area contributed by atoms with Gasteiger partial charge >= 0.3 is 0 Å². The number of carbonyl (C=O) groups excluding carboxylic acids is 1. The Kier molecular flexibility index (Phi) is 3.80. The fraction of sp³-hybridized carbons (Fsp3) is 0.538. The molecule has 3 heterocycles. The highest BCUT2D eigenvalue weighted by atomic mass is 16.5. The van der Waals surface area contributed by atoms with Gasteiger partial charge in [0.05, 0.1) is 12.7 Å². The maximum Gasteiger partial charge on any atom is 0.289 e. The fourth-order valence-corrected chi connectivity index (χ4v) is 2.30. The predicted octanol–water partition coefficient (Wildman–Crippen LogP) is -0.507. The molecule has 0 spiro atoms. The SMILES string of the molecule is Cc1ccn2c(C(=O)NC[C@@H]3CN(C)CCO3)nnc2n1. The van der Waals surface area contributed by atoms with Gasteiger partial charge in [0.2, 0.25) is 5.82 Å². The lowest BCUT2D eigenvalue weighted by molar-refractivity contribution is -0.0175. The number of likely N-dealkylation sites (N-methyl/N-ethyl adjacent to an activating group) is 1. The molecule has 21 heavy (non-hydrogen) atoms. The summed E-state index contributed by atoms with van der Waals surface area (Å²) in [5.74, 6) is 0.389. The van der Waals surface area contributed by atoms with E-state index in [0.717, 1.165) is 18.8 Å². The standard InChI is InChI=1S/C13H18N6O2/c1-9-3-4-19-11(16-17-13(19)15-9)12(20)14-7-10-8-18(2)5-6-21-10/h3-4,10H,5-8H2,1-2H3,(H,14,20)/t10-/m1/s1. The molecule has 1 aliphatic heterocycles. The van der Waals surface area contributed by atoms with Crippen molar-refractivity contribution >= 4 is 11.7 Å². The van der Waals surface area contributed by atoms with Crippen molar-refractivity contribution in [1.29, 1.82) is 0 Å². The quantitative estimate of drug-likeness (QED) is 0.820. The first kappa shape index (κ1) is 13.9. The number of fused-ring (bicyclic) bond motifs is 1. The van der Waals surface area contributed by atoms with Crippen LogP contribution in [0.15, 0.2) is 12.3 Å². The van der Waals surface area contributed by atoms with Crippen LogP contribution in [0.1, 0.15) is 16.3 Å². The smallest absolute Gasteiger partial charge is 0.289 e.